The number of hydrogen-bond acceptors (Lipinski definition) is 3. The molecule has 18 heavy (non-hydrogen) atoms. The predicted octanol–water partition coefficient (Wildman–Crippen LogP) is 1.03. The van der Waals surface area contributed by atoms with Gasteiger partial charge in [0.15, 0.2) is 5.69 Å². The number of hydrogen-bond donors (Lipinski definition) is 3. The predicted molar refractivity (Wildman–Crippen MR) is 67.6 cm³/mol. The first-order valence-electron chi connectivity index (χ1n) is 6.04. The zero-order valence-corrected chi connectivity index (χ0v) is 11.2. The largest absolute Gasteiger partial charge is 0.290 e. The van der Waals surface area contributed by atoms with Crippen LogP contribution in [0.25, 0.3) is 0 Å². The Hall–Kier alpha value is -1.85. The second-order valence-corrected chi connectivity index (χ2v) is 4.97. The van der Waals surface area contributed by atoms with Crippen LogP contribution >= 0.6 is 0 Å². The average Bonchev–Trinajstić information content (AvgIpc) is 2.72. The molecule has 0 aliphatic rings. The van der Waals surface area contributed by atoms with Gasteiger partial charge in [0.2, 0.25) is 5.91 Å². The number of carbonyl (C=O) groups is 2. The van der Waals surface area contributed by atoms with Crippen molar-refractivity contribution in [3.8, 4) is 0 Å². The lowest BCUT2D eigenvalue weighted by Gasteiger charge is -2.07. The van der Waals surface area contributed by atoms with Gasteiger partial charge in [0.05, 0.1) is 0 Å². The topological polar surface area (TPSA) is 86.9 Å². The van der Waals surface area contributed by atoms with Crippen molar-refractivity contribution in [2.45, 2.75) is 34.1 Å². The molecule has 3 N–H and O–H groups in total. The third kappa shape index (κ3) is 4.20. The molecule has 1 heterocycles. The normalized spacial score (nSPS) is 10.8. The Balaban J connectivity index is 2.52. The van der Waals surface area contributed by atoms with E-state index in [0.717, 1.165) is 12.1 Å². The van der Waals surface area contributed by atoms with Crippen LogP contribution < -0.4 is 10.9 Å². The fraction of sp³-hybridized carbons (Fsp3) is 0.583. The van der Waals surface area contributed by atoms with Crippen LogP contribution in [-0.4, -0.2) is 22.0 Å². The van der Waals surface area contributed by atoms with Crippen LogP contribution in [0.3, 0.4) is 0 Å². The van der Waals surface area contributed by atoms with Crippen molar-refractivity contribution in [3.63, 3.8) is 0 Å². The summed E-state index contributed by atoms with van der Waals surface area (Å²) < 4.78 is 0. The Morgan fingerprint density at radius 1 is 1.28 bits per heavy atom. The van der Waals surface area contributed by atoms with Crippen molar-refractivity contribution in [1.82, 2.24) is 21.0 Å². The fourth-order valence-corrected chi connectivity index (χ4v) is 1.35. The highest BCUT2D eigenvalue weighted by Gasteiger charge is 2.13. The van der Waals surface area contributed by atoms with Gasteiger partial charge in [0.1, 0.15) is 0 Å². The molecule has 6 heteroatoms. The van der Waals surface area contributed by atoms with E-state index < -0.39 is 5.91 Å². The van der Waals surface area contributed by atoms with E-state index in [-0.39, 0.29) is 17.5 Å². The van der Waals surface area contributed by atoms with Gasteiger partial charge in [-0.1, -0.05) is 27.7 Å². The lowest BCUT2D eigenvalue weighted by molar-refractivity contribution is -0.124. The third-order valence-corrected chi connectivity index (χ3v) is 2.32. The molecule has 1 aromatic heterocycles. The van der Waals surface area contributed by atoms with Crippen LogP contribution in [0.5, 0.6) is 0 Å². The summed E-state index contributed by atoms with van der Waals surface area (Å²) in [5.74, 6) is -0.348. The number of nitrogens with zero attached hydrogens (tertiary/aromatic N) is 1. The third-order valence-electron chi connectivity index (χ3n) is 2.32. The molecule has 0 bridgehead atoms. The quantitative estimate of drug-likeness (QED) is 0.699. The van der Waals surface area contributed by atoms with Crippen molar-refractivity contribution in [1.29, 1.82) is 0 Å². The number of rotatable bonds is 4. The molecule has 0 unspecified atom stereocenters. The van der Waals surface area contributed by atoms with Gasteiger partial charge in [0, 0.05) is 11.6 Å². The van der Waals surface area contributed by atoms with Crippen LogP contribution in [0, 0.1) is 11.8 Å². The Labute approximate surface area is 107 Å². The van der Waals surface area contributed by atoms with Gasteiger partial charge in [0.25, 0.3) is 5.91 Å². The highest BCUT2D eigenvalue weighted by Crippen LogP contribution is 2.06. The number of hydrazine groups is 1. The summed E-state index contributed by atoms with van der Waals surface area (Å²) in [5.41, 5.74) is 5.84. The summed E-state index contributed by atoms with van der Waals surface area (Å²) in [4.78, 5) is 22.9. The molecule has 0 aliphatic carbocycles. The van der Waals surface area contributed by atoms with Crippen molar-refractivity contribution in [2.24, 2.45) is 11.8 Å². The second kappa shape index (κ2) is 6.18. The van der Waals surface area contributed by atoms with E-state index in [0.29, 0.717) is 5.92 Å². The molecule has 6 nitrogen and oxygen atoms in total. The Bertz CT molecular complexity index is 423. The summed E-state index contributed by atoms with van der Waals surface area (Å²) >= 11 is 0. The lowest BCUT2D eigenvalue weighted by Crippen LogP contribution is -2.43. The van der Waals surface area contributed by atoms with Gasteiger partial charge in [-0.05, 0) is 18.4 Å². The highest BCUT2D eigenvalue weighted by molar-refractivity contribution is 5.93. The number of H-pyrrole nitrogens is 1. The Morgan fingerprint density at radius 3 is 2.50 bits per heavy atom. The zero-order chi connectivity index (χ0) is 13.7. The minimum Gasteiger partial charge on any atom is -0.282 e. The first kappa shape index (κ1) is 14.2. The molecule has 0 saturated heterocycles. The molecule has 1 rings (SSSR count). The summed E-state index contributed by atoms with van der Waals surface area (Å²) in [6.45, 7) is 7.67. The van der Waals surface area contributed by atoms with Crippen molar-refractivity contribution >= 4 is 11.8 Å². The molecule has 1 aromatic rings. The van der Waals surface area contributed by atoms with E-state index in [1.54, 1.807) is 19.9 Å². The molecule has 0 spiro atoms. The Morgan fingerprint density at radius 2 is 1.94 bits per heavy atom. The van der Waals surface area contributed by atoms with Crippen LogP contribution in [0.2, 0.25) is 0 Å². The number of carbonyl (C=O) groups excluding carboxylic acids is 2. The number of aromatic nitrogens is 2. The van der Waals surface area contributed by atoms with Gasteiger partial charge in [-0.2, -0.15) is 5.10 Å². The average molecular weight is 252 g/mol. The van der Waals surface area contributed by atoms with Gasteiger partial charge in [-0.3, -0.25) is 25.5 Å². The minimum absolute atomic E-state index is 0.180. The smallest absolute Gasteiger partial charge is 0.282 e. The molecule has 0 saturated carbocycles. The van der Waals surface area contributed by atoms with Crippen LogP contribution in [-0.2, 0) is 11.2 Å². The molecular weight excluding hydrogens is 232 g/mol. The maximum atomic E-state index is 11.7. The maximum absolute atomic E-state index is 11.7. The molecule has 2 amide bonds. The van der Waals surface area contributed by atoms with Crippen LogP contribution in [0.15, 0.2) is 6.07 Å². The lowest BCUT2D eigenvalue weighted by atomic mass is 10.1. The zero-order valence-electron chi connectivity index (χ0n) is 11.2. The summed E-state index contributed by atoms with van der Waals surface area (Å²) in [6, 6.07) is 1.69. The molecule has 0 aliphatic heterocycles. The monoisotopic (exact) mass is 252 g/mol. The molecule has 0 aromatic carbocycles. The minimum atomic E-state index is -0.421. The van der Waals surface area contributed by atoms with E-state index in [1.165, 1.54) is 0 Å². The van der Waals surface area contributed by atoms with Gasteiger partial charge < -0.3 is 0 Å². The number of amides is 2. The number of aromatic amines is 1. The van der Waals surface area contributed by atoms with Crippen LogP contribution in [0.4, 0.5) is 0 Å². The van der Waals surface area contributed by atoms with Crippen molar-refractivity contribution in [2.75, 3.05) is 0 Å². The molecule has 0 fully saturated rings. The van der Waals surface area contributed by atoms with E-state index in [1.807, 2.05) is 0 Å². The maximum Gasteiger partial charge on any atom is 0.290 e. The molecule has 0 atom stereocenters. The SMILES string of the molecule is CC(C)Cc1cc(C(=O)NNC(=O)C(C)C)n[nH]1. The van der Waals surface area contributed by atoms with Crippen molar-refractivity contribution < 1.29 is 9.59 Å². The molecule has 0 radical (unpaired) electrons. The number of nitrogens with one attached hydrogen (secondary N) is 3. The van der Waals surface area contributed by atoms with E-state index in [9.17, 15) is 9.59 Å². The van der Waals surface area contributed by atoms with Gasteiger partial charge in [-0.15, -0.1) is 0 Å². The Kier molecular flexibility index (Phi) is 4.88. The first-order chi connectivity index (χ1) is 8.40. The van der Waals surface area contributed by atoms with E-state index in [4.69, 9.17) is 0 Å². The van der Waals surface area contributed by atoms with Crippen molar-refractivity contribution in [3.05, 3.63) is 17.5 Å². The van der Waals surface area contributed by atoms with Gasteiger partial charge in [-0.25, -0.2) is 0 Å². The molecular formula is C12H20N4O2. The van der Waals surface area contributed by atoms with E-state index >= 15 is 0 Å². The standard InChI is InChI=1S/C12H20N4O2/c1-7(2)5-9-6-10(14-13-9)12(18)16-15-11(17)8(3)4/h6-8H,5H2,1-4H3,(H,13,14)(H,15,17)(H,16,18). The van der Waals surface area contributed by atoms with Crippen LogP contribution in [0.1, 0.15) is 43.9 Å². The molecule has 100 valence electrons. The fourth-order valence-electron chi connectivity index (χ4n) is 1.35. The summed E-state index contributed by atoms with van der Waals surface area (Å²) in [7, 11) is 0. The summed E-state index contributed by atoms with van der Waals surface area (Å²) in [5, 5.41) is 6.71. The first-order valence-corrected chi connectivity index (χ1v) is 6.04. The highest BCUT2D eigenvalue weighted by atomic mass is 16.2. The summed E-state index contributed by atoms with van der Waals surface area (Å²) in [6.07, 6.45) is 0.832. The van der Waals surface area contributed by atoms with Gasteiger partial charge >= 0.3 is 0 Å². The van der Waals surface area contributed by atoms with E-state index in [2.05, 4.69) is 34.9 Å². The second-order valence-electron chi connectivity index (χ2n) is 4.97.